The molecule has 3 unspecified atom stereocenters. The van der Waals surface area contributed by atoms with Crippen LogP contribution >= 0.6 is 0 Å². The third-order valence-corrected chi connectivity index (χ3v) is 8.66. The summed E-state index contributed by atoms with van der Waals surface area (Å²) in [5.41, 5.74) is 0.390. The Balaban J connectivity index is 1.38. The van der Waals surface area contributed by atoms with Gasteiger partial charge in [0.25, 0.3) is 0 Å². The van der Waals surface area contributed by atoms with E-state index in [-0.39, 0.29) is 17.8 Å². The highest BCUT2D eigenvalue weighted by Crippen LogP contribution is 2.65. The number of aromatic hydroxyl groups is 1. The third kappa shape index (κ3) is 2.89. The summed E-state index contributed by atoms with van der Waals surface area (Å²) in [6, 6.07) is 3.29. The summed E-state index contributed by atoms with van der Waals surface area (Å²) in [6.45, 7) is 1.88. The van der Waals surface area contributed by atoms with Gasteiger partial charge in [-0.1, -0.05) is 6.07 Å². The molecule has 1 amide bonds. The Hall–Kier alpha value is -2.58. The highest BCUT2D eigenvalue weighted by Gasteiger charge is 2.73. The zero-order valence-corrected chi connectivity index (χ0v) is 18.8. The van der Waals surface area contributed by atoms with Gasteiger partial charge in [-0.2, -0.15) is 0 Å². The first kappa shape index (κ1) is 21.0. The Morgan fingerprint density at radius 1 is 1.27 bits per heavy atom. The van der Waals surface area contributed by atoms with E-state index in [0.29, 0.717) is 25.0 Å². The van der Waals surface area contributed by atoms with Gasteiger partial charge in [-0.3, -0.25) is 9.69 Å². The maximum Gasteiger partial charge on any atom is 0.330 e. The Morgan fingerprint density at radius 2 is 2.09 bits per heavy atom. The molecule has 3 aliphatic carbocycles. The van der Waals surface area contributed by atoms with Gasteiger partial charge in [0.15, 0.2) is 11.5 Å². The second-order valence-electron chi connectivity index (χ2n) is 10.3. The van der Waals surface area contributed by atoms with Crippen LogP contribution in [0.4, 0.5) is 0 Å². The molecule has 0 aromatic heterocycles. The molecule has 1 saturated heterocycles. The fourth-order valence-electron chi connectivity index (χ4n) is 7.07. The molecule has 3 fully saturated rings. The van der Waals surface area contributed by atoms with E-state index >= 15 is 0 Å². The molecule has 5 aliphatic rings. The summed E-state index contributed by atoms with van der Waals surface area (Å²) in [7, 11) is 1.26. The lowest BCUT2D eigenvalue weighted by Gasteiger charge is -2.64. The number of amides is 1. The van der Waals surface area contributed by atoms with Gasteiger partial charge >= 0.3 is 5.97 Å². The van der Waals surface area contributed by atoms with Crippen molar-refractivity contribution >= 4 is 11.9 Å². The lowest BCUT2D eigenvalue weighted by atomic mass is 9.48. The predicted molar refractivity (Wildman–Crippen MR) is 118 cm³/mol. The normalized spacial score (nSPS) is 36.2. The maximum absolute atomic E-state index is 12.6. The minimum absolute atomic E-state index is 0.00295. The lowest BCUT2D eigenvalue weighted by Crippen LogP contribution is -2.78. The van der Waals surface area contributed by atoms with E-state index < -0.39 is 29.0 Å². The van der Waals surface area contributed by atoms with E-state index in [9.17, 15) is 19.8 Å². The van der Waals surface area contributed by atoms with E-state index in [2.05, 4.69) is 15.0 Å². The number of hydrogen-bond acceptors (Lipinski definition) is 7. The zero-order chi connectivity index (χ0) is 23.0. The molecule has 8 heteroatoms. The molecule has 2 aliphatic heterocycles. The van der Waals surface area contributed by atoms with E-state index in [0.717, 1.165) is 48.7 Å². The SMILES string of the molecule is COC(=O)/C=C\C(=O)N[C@H]1CCC2(O)C3Cc4ccc(O)c5c4C2(CCN3CC2CC2)[C@H]1O5. The second kappa shape index (κ2) is 7.21. The number of hydrogen-bond donors (Lipinski definition) is 3. The number of benzene rings is 1. The van der Waals surface area contributed by atoms with Crippen LogP contribution in [-0.4, -0.2) is 71.0 Å². The van der Waals surface area contributed by atoms with E-state index in [1.54, 1.807) is 6.07 Å². The fourth-order valence-corrected chi connectivity index (χ4v) is 7.07. The summed E-state index contributed by atoms with van der Waals surface area (Å²) >= 11 is 0. The number of phenolic OH excluding ortho intramolecular Hbond substituents is 1. The Kier molecular flexibility index (Phi) is 4.58. The number of rotatable bonds is 5. The summed E-state index contributed by atoms with van der Waals surface area (Å²) in [4.78, 5) is 26.4. The third-order valence-electron chi connectivity index (χ3n) is 8.66. The number of likely N-dealkylation sites (tertiary alicyclic amines) is 1. The Labute approximate surface area is 192 Å². The van der Waals surface area contributed by atoms with Crippen molar-refractivity contribution in [3.8, 4) is 11.5 Å². The van der Waals surface area contributed by atoms with Crippen LogP contribution in [0.25, 0.3) is 0 Å². The molecule has 2 saturated carbocycles. The second-order valence-corrected chi connectivity index (χ2v) is 10.3. The fraction of sp³-hybridized carbons (Fsp3) is 0.600. The van der Waals surface area contributed by atoms with Crippen LogP contribution in [0.2, 0.25) is 0 Å². The van der Waals surface area contributed by atoms with Crippen LogP contribution in [0.5, 0.6) is 11.5 Å². The van der Waals surface area contributed by atoms with Crippen LogP contribution < -0.4 is 10.1 Å². The molecular formula is C25H30N2O6. The van der Waals surface area contributed by atoms with Gasteiger partial charge in [0.1, 0.15) is 6.10 Å². The summed E-state index contributed by atoms with van der Waals surface area (Å²) < 4.78 is 11.0. The van der Waals surface area contributed by atoms with E-state index in [4.69, 9.17) is 4.74 Å². The molecule has 5 atom stereocenters. The van der Waals surface area contributed by atoms with Crippen molar-refractivity contribution in [3.63, 3.8) is 0 Å². The average Bonchev–Trinajstić information content (AvgIpc) is 3.54. The average molecular weight is 455 g/mol. The number of methoxy groups -OCH3 is 1. The molecule has 2 bridgehead atoms. The molecular weight excluding hydrogens is 424 g/mol. The molecule has 8 nitrogen and oxygen atoms in total. The number of carbonyl (C=O) groups is 2. The van der Waals surface area contributed by atoms with Crippen LogP contribution in [0.1, 0.15) is 43.2 Å². The molecule has 1 aromatic carbocycles. The summed E-state index contributed by atoms with van der Waals surface area (Å²) in [6.07, 6.45) is 6.84. The minimum Gasteiger partial charge on any atom is -0.504 e. The van der Waals surface area contributed by atoms with Crippen molar-refractivity contribution < 1.29 is 29.3 Å². The maximum atomic E-state index is 12.6. The first-order valence-corrected chi connectivity index (χ1v) is 11.9. The van der Waals surface area contributed by atoms with Crippen LogP contribution in [0.3, 0.4) is 0 Å². The number of carbonyl (C=O) groups excluding carboxylic acids is 2. The molecule has 6 rings (SSSR count). The number of nitrogens with one attached hydrogen (secondary N) is 1. The molecule has 2 heterocycles. The number of nitrogens with zero attached hydrogens (tertiary/aromatic N) is 1. The number of phenols is 1. The smallest absolute Gasteiger partial charge is 0.330 e. The van der Waals surface area contributed by atoms with Gasteiger partial charge in [0.05, 0.1) is 24.2 Å². The van der Waals surface area contributed by atoms with Crippen molar-refractivity contribution in [1.82, 2.24) is 10.2 Å². The highest BCUT2D eigenvalue weighted by atomic mass is 16.5. The van der Waals surface area contributed by atoms with Crippen molar-refractivity contribution in [1.29, 1.82) is 0 Å². The highest BCUT2D eigenvalue weighted by molar-refractivity contribution is 5.94. The van der Waals surface area contributed by atoms with Crippen molar-refractivity contribution in [2.75, 3.05) is 20.2 Å². The van der Waals surface area contributed by atoms with Gasteiger partial charge in [-0.25, -0.2) is 4.79 Å². The van der Waals surface area contributed by atoms with E-state index in [1.165, 1.54) is 20.0 Å². The van der Waals surface area contributed by atoms with Gasteiger partial charge in [-0.05, 0) is 62.6 Å². The van der Waals surface area contributed by atoms with Crippen molar-refractivity contribution in [2.45, 2.75) is 67.7 Å². The first-order valence-electron chi connectivity index (χ1n) is 11.9. The Morgan fingerprint density at radius 3 is 2.85 bits per heavy atom. The van der Waals surface area contributed by atoms with Crippen LogP contribution in [0.15, 0.2) is 24.3 Å². The number of aliphatic hydroxyl groups is 1. The number of piperidine rings is 1. The van der Waals surface area contributed by atoms with Gasteiger partial charge in [0.2, 0.25) is 5.91 Å². The van der Waals surface area contributed by atoms with Crippen molar-refractivity contribution in [3.05, 3.63) is 35.4 Å². The molecule has 3 N–H and O–H groups in total. The first-order chi connectivity index (χ1) is 15.9. The van der Waals surface area contributed by atoms with Crippen molar-refractivity contribution in [2.24, 2.45) is 5.92 Å². The van der Waals surface area contributed by atoms with Crippen LogP contribution in [0, 0.1) is 5.92 Å². The zero-order valence-electron chi connectivity index (χ0n) is 18.8. The largest absolute Gasteiger partial charge is 0.504 e. The Bertz CT molecular complexity index is 1050. The molecule has 1 aromatic rings. The topological polar surface area (TPSA) is 108 Å². The summed E-state index contributed by atoms with van der Waals surface area (Å²) in [5.74, 6) is 0.256. The monoisotopic (exact) mass is 454 g/mol. The lowest BCUT2D eigenvalue weighted by molar-refractivity contribution is -0.192. The standard InChI is InChI=1S/C25H30N2O6/c1-32-20(30)7-6-19(29)26-16-8-9-25(31)18-12-15-4-5-17(28)22-21(15)24(25,23(16)33-22)10-11-27(18)13-14-2-3-14/h4-7,14,16,18,23,28,31H,2-3,8-13H2,1H3,(H,26,29)/b7-6-/t16-,18?,23-,24?,25?/m0/s1. The quantitative estimate of drug-likeness (QED) is 0.453. The molecule has 0 radical (unpaired) electrons. The molecule has 1 spiro atoms. The molecule has 176 valence electrons. The predicted octanol–water partition coefficient (Wildman–Crippen LogP) is 1.17. The summed E-state index contributed by atoms with van der Waals surface area (Å²) in [5, 5.41) is 26.0. The molecule has 33 heavy (non-hydrogen) atoms. The van der Waals surface area contributed by atoms with E-state index in [1.807, 2.05) is 6.07 Å². The number of ether oxygens (including phenoxy) is 2. The van der Waals surface area contributed by atoms with Gasteiger partial charge in [-0.15, -0.1) is 0 Å². The van der Waals surface area contributed by atoms with Gasteiger partial charge in [0, 0.05) is 30.3 Å². The van der Waals surface area contributed by atoms with Crippen LogP contribution in [-0.2, 0) is 26.2 Å². The number of esters is 1. The van der Waals surface area contributed by atoms with Gasteiger partial charge < -0.3 is 25.0 Å². The minimum atomic E-state index is -0.986.